The van der Waals surface area contributed by atoms with Crippen molar-refractivity contribution in [3.63, 3.8) is 0 Å². The fourth-order valence-corrected chi connectivity index (χ4v) is 1.49. The maximum atomic E-state index is 10.8. The summed E-state index contributed by atoms with van der Waals surface area (Å²) in [4.78, 5) is 4.74. The van der Waals surface area contributed by atoms with Gasteiger partial charge in [0.1, 0.15) is 6.61 Å². The van der Waals surface area contributed by atoms with Crippen molar-refractivity contribution in [2.45, 2.75) is 13.2 Å². The smallest absolute Gasteiger partial charge is 0.264 e. The highest BCUT2D eigenvalue weighted by molar-refractivity contribution is 7.93. The van der Waals surface area contributed by atoms with E-state index in [1.54, 1.807) is 30.5 Å². The predicted octanol–water partition coefficient (Wildman–Crippen LogP) is 1.82. The molecule has 0 amide bonds. The summed E-state index contributed by atoms with van der Waals surface area (Å²) >= 11 is 1.03. The molecule has 1 aromatic carbocycles. The highest BCUT2D eigenvalue weighted by Crippen LogP contribution is 2.09. The summed E-state index contributed by atoms with van der Waals surface area (Å²) in [5.74, 6) is 0. The predicted molar refractivity (Wildman–Crippen MR) is 66.5 cm³/mol. The van der Waals surface area contributed by atoms with Crippen LogP contribution in [0.3, 0.4) is 0 Å². The van der Waals surface area contributed by atoms with E-state index in [-0.39, 0.29) is 13.2 Å². The van der Waals surface area contributed by atoms with Gasteiger partial charge in [0, 0.05) is 18.3 Å². The zero-order valence-electron chi connectivity index (χ0n) is 9.99. The van der Waals surface area contributed by atoms with Gasteiger partial charge in [-0.05, 0) is 11.1 Å². The normalized spacial score (nSPS) is 11.7. The number of rotatable bonds is 8. The molecule has 1 rings (SSSR count). The molecule has 0 spiro atoms. The van der Waals surface area contributed by atoms with Crippen LogP contribution in [-0.4, -0.2) is 20.9 Å². The van der Waals surface area contributed by atoms with E-state index in [1.807, 2.05) is 0 Å². The summed E-state index contributed by atoms with van der Waals surface area (Å²) in [7, 11) is -3.42. The van der Waals surface area contributed by atoms with Crippen LogP contribution in [0.4, 0.5) is 0 Å². The lowest BCUT2D eigenvalue weighted by Gasteiger charge is -2.04. The first-order chi connectivity index (χ1) is 8.51. The summed E-state index contributed by atoms with van der Waals surface area (Å²) in [5, 5.41) is 4.37. The van der Waals surface area contributed by atoms with E-state index in [4.69, 9.17) is 4.89 Å². The van der Waals surface area contributed by atoms with Gasteiger partial charge in [-0.25, -0.2) is 4.89 Å². The van der Waals surface area contributed by atoms with Gasteiger partial charge in [-0.1, -0.05) is 29.3 Å². The molecule has 0 N–H and O–H groups in total. The van der Waals surface area contributed by atoms with Crippen molar-refractivity contribution in [2.75, 3.05) is 12.5 Å². The Labute approximate surface area is 110 Å². The number of hydrogen-bond acceptors (Lipinski definition) is 7. The molecule has 0 saturated heterocycles. The van der Waals surface area contributed by atoms with Crippen molar-refractivity contribution >= 4 is 22.2 Å². The third kappa shape index (κ3) is 6.94. The monoisotopic (exact) mass is 294 g/mol. The van der Waals surface area contributed by atoms with Gasteiger partial charge in [0.05, 0.1) is 12.9 Å². The first-order valence-electron chi connectivity index (χ1n) is 4.92. The van der Waals surface area contributed by atoms with Gasteiger partial charge in [0.15, 0.2) is 0 Å². The Bertz CT molecular complexity index is 442. The van der Waals surface area contributed by atoms with Crippen LogP contribution >= 0.6 is 12.0 Å². The first kappa shape index (κ1) is 15.4. The Balaban J connectivity index is 2.38. The molecule has 0 heterocycles. The van der Waals surface area contributed by atoms with E-state index < -0.39 is 10.1 Å². The van der Waals surface area contributed by atoms with Crippen molar-refractivity contribution in [1.82, 2.24) is 0 Å². The summed E-state index contributed by atoms with van der Waals surface area (Å²) in [5.41, 5.74) is 1.62. The molecular formula is C10H14O6S2. The lowest BCUT2D eigenvalue weighted by Crippen LogP contribution is -2.02. The van der Waals surface area contributed by atoms with Gasteiger partial charge in [0.2, 0.25) is 0 Å². The van der Waals surface area contributed by atoms with Crippen LogP contribution in [0.25, 0.3) is 0 Å². The minimum atomic E-state index is -3.42. The van der Waals surface area contributed by atoms with E-state index in [1.165, 1.54) is 0 Å². The Hall–Kier alpha value is -0.640. The highest BCUT2D eigenvalue weighted by atomic mass is 32.2. The summed E-state index contributed by atoms with van der Waals surface area (Å²) < 4.78 is 30.7. The van der Waals surface area contributed by atoms with Gasteiger partial charge in [0.25, 0.3) is 10.1 Å². The molecule has 0 fully saturated rings. The van der Waals surface area contributed by atoms with Crippen molar-refractivity contribution < 1.29 is 26.9 Å². The van der Waals surface area contributed by atoms with E-state index in [0.717, 1.165) is 29.4 Å². The highest BCUT2D eigenvalue weighted by Gasteiger charge is 2.02. The van der Waals surface area contributed by atoms with Crippen LogP contribution in [-0.2, 0) is 41.8 Å². The SMILES string of the molecule is CSOOOCc1ccc(COS(C)(=O)=O)cc1. The molecule has 0 aliphatic heterocycles. The largest absolute Gasteiger partial charge is 0.265 e. The molecule has 8 heteroatoms. The average Bonchev–Trinajstić information content (AvgIpc) is 2.33. The fourth-order valence-electron chi connectivity index (χ4n) is 1.05. The van der Waals surface area contributed by atoms with E-state index >= 15 is 0 Å². The quantitative estimate of drug-likeness (QED) is 0.238. The first-order valence-corrected chi connectivity index (χ1v) is 7.89. The molecule has 0 saturated carbocycles. The summed E-state index contributed by atoms with van der Waals surface area (Å²) in [6, 6.07) is 7.06. The maximum absolute atomic E-state index is 10.8. The molecule has 102 valence electrons. The second-order valence-electron chi connectivity index (χ2n) is 3.35. The van der Waals surface area contributed by atoms with Crippen LogP contribution < -0.4 is 0 Å². The van der Waals surface area contributed by atoms with Gasteiger partial charge < -0.3 is 0 Å². The van der Waals surface area contributed by atoms with Crippen LogP contribution in [0.1, 0.15) is 11.1 Å². The Kier molecular flexibility index (Phi) is 6.61. The lowest BCUT2D eigenvalue weighted by molar-refractivity contribution is -0.466. The second-order valence-corrected chi connectivity index (χ2v) is 5.46. The second kappa shape index (κ2) is 7.72. The molecular weight excluding hydrogens is 280 g/mol. The zero-order valence-corrected chi connectivity index (χ0v) is 11.6. The topological polar surface area (TPSA) is 71.1 Å². The van der Waals surface area contributed by atoms with Gasteiger partial charge >= 0.3 is 0 Å². The van der Waals surface area contributed by atoms with Crippen molar-refractivity contribution in [3.05, 3.63) is 35.4 Å². The van der Waals surface area contributed by atoms with Crippen molar-refractivity contribution in [2.24, 2.45) is 0 Å². The number of benzene rings is 1. The van der Waals surface area contributed by atoms with Gasteiger partial charge in [-0.3, -0.25) is 4.18 Å². The Morgan fingerprint density at radius 3 is 2.17 bits per heavy atom. The van der Waals surface area contributed by atoms with Crippen molar-refractivity contribution in [3.8, 4) is 0 Å². The molecule has 0 unspecified atom stereocenters. The number of hydrogen-bond donors (Lipinski definition) is 0. The molecule has 6 nitrogen and oxygen atoms in total. The van der Waals surface area contributed by atoms with Crippen LogP contribution in [0, 0.1) is 0 Å². The van der Waals surface area contributed by atoms with Crippen molar-refractivity contribution in [1.29, 1.82) is 0 Å². The molecule has 18 heavy (non-hydrogen) atoms. The fraction of sp³-hybridized carbons (Fsp3) is 0.400. The molecule has 0 aromatic heterocycles. The standard InChI is InChI=1S/C10H14O6S2/c1-17-16-15-13-7-9-3-5-10(6-4-9)8-14-18(2,11)12/h3-6H,7-8H2,1-2H3. The minimum Gasteiger partial charge on any atom is -0.265 e. The van der Waals surface area contributed by atoms with Crippen LogP contribution in [0.15, 0.2) is 24.3 Å². The molecule has 0 bridgehead atoms. The van der Waals surface area contributed by atoms with Gasteiger partial charge in [-0.15, -0.1) is 4.33 Å². The minimum absolute atomic E-state index is 0.0199. The van der Waals surface area contributed by atoms with E-state index in [9.17, 15) is 8.42 Å². The third-order valence-electron chi connectivity index (χ3n) is 1.83. The zero-order chi connectivity index (χ0) is 13.4. The molecule has 0 aliphatic carbocycles. The Morgan fingerprint density at radius 2 is 1.67 bits per heavy atom. The van der Waals surface area contributed by atoms with Gasteiger partial charge in [-0.2, -0.15) is 8.42 Å². The van der Waals surface area contributed by atoms with Crippen LogP contribution in [0.5, 0.6) is 0 Å². The summed E-state index contributed by atoms with van der Waals surface area (Å²) in [6.07, 6.45) is 2.71. The Morgan fingerprint density at radius 1 is 1.11 bits per heavy atom. The maximum Gasteiger partial charge on any atom is 0.264 e. The van der Waals surface area contributed by atoms with E-state index in [2.05, 4.69) is 13.6 Å². The summed E-state index contributed by atoms with van der Waals surface area (Å²) in [6.45, 7) is 0.250. The average molecular weight is 294 g/mol. The molecule has 0 aliphatic rings. The van der Waals surface area contributed by atoms with Crippen LogP contribution in [0.2, 0.25) is 0 Å². The molecule has 0 radical (unpaired) electrons. The molecule has 0 atom stereocenters. The van der Waals surface area contributed by atoms with E-state index in [0.29, 0.717) is 0 Å². The lowest BCUT2D eigenvalue weighted by atomic mass is 10.1. The molecule has 1 aromatic rings. The third-order valence-corrected chi connectivity index (χ3v) is 2.57.